The normalized spacial score (nSPS) is 14.4. The minimum absolute atomic E-state index is 0. The van der Waals surface area contributed by atoms with Crippen molar-refractivity contribution in [2.75, 3.05) is 0 Å². The van der Waals surface area contributed by atoms with Crippen LogP contribution in [-0.4, -0.2) is 11.2 Å². The Hall–Kier alpha value is -0.280. The molecule has 1 aromatic rings. The van der Waals surface area contributed by atoms with Gasteiger partial charge >= 0.3 is 0 Å². The Bertz CT molecular complexity index is 300. The molecule has 1 rings (SSSR count). The van der Waals surface area contributed by atoms with Crippen LogP contribution in [0.2, 0.25) is 5.02 Å². The summed E-state index contributed by atoms with van der Waals surface area (Å²) in [5.74, 6) is 0.443. The van der Waals surface area contributed by atoms with Crippen molar-refractivity contribution < 1.29 is 5.11 Å². The van der Waals surface area contributed by atoms with Crippen molar-refractivity contribution in [3.63, 3.8) is 0 Å². The van der Waals surface area contributed by atoms with Crippen LogP contribution in [0.25, 0.3) is 0 Å². The molecule has 0 unspecified atom stereocenters. The molecule has 0 amide bonds. The van der Waals surface area contributed by atoms with Gasteiger partial charge in [-0.25, -0.2) is 0 Å². The number of nitrogens with two attached hydrogens (primary N) is 1. The van der Waals surface area contributed by atoms with Crippen LogP contribution in [0.1, 0.15) is 31.9 Å². The van der Waals surface area contributed by atoms with Crippen LogP contribution in [0.3, 0.4) is 0 Å². The van der Waals surface area contributed by atoms with E-state index in [2.05, 4.69) is 13.8 Å². The van der Waals surface area contributed by atoms with E-state index in [1.807, 2.05) is 12.1 Å². The van der Waals surface area contributed by atoms with E-state index in [0.717, 1.165) is 5.56 Å². The molecule has 0 radical (unpaired) electrons. The highest BCUT2D eigenvalue weighted by molar-refractivity contribution is 6.30. The van der Waals surface area contributed by atoms with Crippen LogP contribution in [0, 0.1) is 5.92 Å². The van der Waals surface area contributed by atoms with Gasteiger partial charge in [0.2, 0.25) is 0 Å². The SMILES string of the molecule is CC(C)C[C@@H](O)[C@@H](N)c1ccc(Cl)cc1.Cl. The van der Waals surface area contributed by atoms with E-state index in [1.54, 1.807) is 12.1 Å². The molecule has 16 heavy (non-hydrogen) atoms. The van der Waals surface area contributed by atoms with E-state index in [0.29, 0.717) is 17.4 Å². The summed E-state index contributed by atoms with van der Waals surface area (Å²) < 4.78 is 0. The lowest BCUT2D eigenvalue weighted by atomic mass is 9.95. The molecule has 2 atom stereocenters. The van der Waals surface area contributed by atoms with Gasteiger partial charge in [0, 0.05) is 5.02 Å². The van der Waals surface area contributed by atoms with Gasteiger partial charge in [-0.1, -0.05) is 37.6 Å². The lowest BCUT2D eigenvalue weighted by Crippen LogP contribution is -2.27. The van der Waals surface area contributed by atoms with E-state index >= 15 is 0 Å². The molecule has 0 aromatic heterocycles. The molecule has 1 aromatic carbocycles. The lowest BCUT2D eigenvalue weighted by molar-refractivity contribution is 0.121. The Balaban J connectivity index is 0.00000225. The molecule has 0 aliphatic rings. The predicted molar refractivity (Wildman–Crippen MR) is 71.1 cm³/mol. The van der Waals surface area contributed by atoms with Gasteiger partial charge in [-0.2, -0.15) is 0 Å². The summed E-state index contributed by atoms with van der Waals surface area (Å²) in [6.07, 6.45) is 0.218. The van der Waals surface area contributed by atoms with E-state index in [4.69, 9.17) is 17.3 Å². The Labute approximate surface area is 108 Å². The summed E-state index contributed by atoms with van der Waals surface area (Å²) in [4.78, 5) is 0. The zero-order valence-electron chi connectivity index (χ0n) is 9.56. The maximum absolute atomic E-state index is 9.85. The van der Waals surface area contributed by atoms with Crippen LogP contribution < -0.4 is 5.73 Å². The monoisotopic (exact) mass is 263 g/mol. The third-order valence-electron chi connectivity index (χ3n) is 2.38. The quantitative estimate of drug-likeness (QED) is 0.877. The molecule has 0 aliphatic carbocycles. The van der Waals surface area contributed by atoms with Crippen LogP contribution in [0.5, 0.6) is 0 Å². The molecule has 0 saturated carbocycles. The molecule has 0 heterocycles. The van der Waals surface area contributed by atoms with Crippen LogP contribution >= 0.6 is 24.0 Å². The molecule has 0 fully saturated rings. The highest BCUT2D eigenvalue weighted by atomic mass is 35.5. The summed E-state index contributed by atoms with van der Waals surface area (Å²) >= 11 is 5.78. The first kappa shape index (κ1) is 15.7. The first-order valence-corrected chi connectivity index (χ1v) is 5.57. The van der Waals surface area contributed by atoms with Crippen molar-refractivity contribution in [2.45, 2.75) is 32.4 Å². The molecule has 4 heteroatoms. The topological polar surface area (TPSA) is 46.2 Å². The third-order valence-corrected chi connectivity index (χ3v) is 2.63. The maximum Gasteiger partial charge on any atom is 0.0735 e. The number of rotatable bonds is 4. The van der Waals surface area contributed by atoms with Gasteiger partial charge in [0.15, 0.2) is 0 Å². The first-order chi connectivity index (χ1) is 7.00. The minimum Gasteiger partial charge on any atom is -0.391 e. The van der Waals surface area contributed by atoms with Crippen molar-refractivity contribution in [3.05, 3.63) is 34.9 Å². The van der Waals surface area contributed by atoms with Crippen LogP contribution in [-0.2, 0) is 0 Å². The summed E-state index contributed by atoms with van der Waals surface area (Å²) in [6, 6.07) is 6.97. The number of hydrogen-bond acceptors (Lipinski definition) is 2. The Morgan fingerprint density at radius 2 is 1.75 bits per heavy atom. The van der Waals surface area contributed by atoms with Gasteiger partial charge in [0.05, 0.1) is 12.1 Å². The van der Waals surface area contributed by atoms with Crippen LogP contribution in [0.4, 0.5) is 0 Å². The Kier molecular flexibility index (Phi) is 7.00. The molecule has 0 saturated heterocycles. The van der Waals surface area contributed by atoms with Gasteiger partial charge in [0.25, 0.3) is 0 Å². The second kappa shape index (κ2) is 7.13. The standard InChI is InChI=1S/C12H18ClNO.ClH/c1-8(2)7-11(15)12(14)9-3-5-10(13)6-4-9;/h3-6,8,11-12,15H,7,14H2,1-2H3;1H/t11-,12+;/m1./s1. The molecular formula is C12H19Cl2NO. The number of halogens is 2. The predicted octanol–water partition coefficient (Wildman–Crippen LogP) is 3.17. The second-order valence-electron chi connectivity index (χ2n) is 4.27. The van der Waals surface area contributed by atoms with Gasteiger partial charge in [-0.15, -0.1) is 12.4 Å². The summed E-state index contributed by atoms with van der Waals surface area (Å²) in [7, 11) is 0. The second-order valence-corrected chi connectivity index (χ2v) is 4.71. The fraction of sp³-hybridized carbons (Fsp3) is 0.500. The van der Waals surface area contributed by atoms with Crippen molar-refractivity contribution in [3.8, 4) is 0 Å². The number of benzene rings is 1. The highest BCUT2D eigenvalue weighted by Gasteiger charge is 2.17. The fourth-order valence-electron chi connectivity index (χ4n) is 1.54. The number of hydrogen-bond donors (Lipinski definition) is 2. The van der Waals surface area contributed by atoms with Crippen molar-refractivity contribution in [2.24, 2.45) is 11.7 Å². The minimum atomic E-state index is -0.494. The van der Waals surface area contributed by atoms with Crippen molar-refractivity contribution in [1.82, 2.24) is 0 Å². The largest absolute Gasteiger partial charge is 0.391 e. The molecule has 0 bridgehead atoms. The lowest BCUT2D eigenvalue weighted by Gasteiger charge is -2.20. The molecule has 3 N–H and O–H groups in total. The van der Waals surface area contributed by atoms with Crippen LogP contribution in [0.15, 0.2) is 24.3 Å². The number of aliphatic hydroxyl groups excluding tert-OH is 1. The molecule has 0 aliphatic heterocycles. The highest BCUT2D eigenvalue weighted by Crippen LogP contribution is 2.20. The van der Waals surface area contributed by atoms with E-state index < -0.39 is 6.10 Å². The van der Waals surface area contributed by atoms with Gasteiger partial charge in [-0.05, 0) is 30.0 Å². The van der Waals surface area contributed by atoms with Crippen molar-refractivity contribution in [1.29, 1.82) is 0 Å². The maximum atomic E-state index is 9.85. The molecule has 0 spiro atoms. The molecular weight excluding hydrogens is 245 g/mol. The van der Waals surface area contributed by atoms with Crippen molar-refractivity contribution >= 4 is 24.0 Å². The smallest absolute Gasteiger partial charge is 0.0735 e. The summed E-state index contributed by atoms with van der Waals surface area (Å²) in [5, 5.41) is 10.5. The molecule has 2 nitrogen and oxygen atoms in total. The van der Waals surface area contributed by atoms with Gasteiger partial charge < -0.3 is 10.8 Å². The Morgan fingerprint density at radius 1 is 1.25 bits per heavy atom. The van der Waals surface area contributed by atoms with Gasteiger partial charge in [0.1, 0.15) is 0 Å². The third kappa shape index (κ3) is 4.71. The molecule has 92 valence electrons. The average molecular weight is 264 g/mol. The van der Waals surface area contributed by atoms with E-state index in [9.17, 15) is 5.11 Å². The summed E-state index contributed by atoms with van der Waals surface area (Å²) in [5.41, 5.74) is 6.87. The Morgan fingerprint density at radius 3 is 2.19 bits per heavy atom. The zero-order chi connectivity index (χ0) is 11.4. The average Bonchev–Trinajstić information content (AvgIpc) is 2.17. The van der Waals surface area contributed by atoms with E-state index in [-0.39, 0.29) is 18.4 Å². The number of aliphatic hydroxyl groups is 1. The van der Waals surface area contributed by atoms with E-state index in [1.165, 1.54) is 0 Å². The first-order valence-electron chi connectivity index (χ1n) is 5.20. The fourth-order valence-corrected chi connectivity index (χ4v) is 1.66. The summed E-state index contributed by atoms with van der Waals surface area (Å²) in [6.45, 7) is 4.13. The zero-order valence-corrected chi connectivity index (χ0v) is 11.1. The van der Waals surface area contributed by atoms with Gasteiger partial charge in [-0.3, -0.25) is 0 Å².